The number of aromatic carboxylic acids is 1. The molecule has 0 aromatic heterocycles. The Labute approximate surface area is 106 Å². The van der Waals surface area contributed by atoms with Gasteiger partial charge in [0.15, 0.2) is 5.78 Å². The molecular formula is C11H11BrO3S. The van der Waals surface area contributed by atoms with Crippen LogP contribution >= 0.6 is 27.7 Å². The summed E-state index contributed by atoms with van der Waals surface area (Å²) in [6.45, 7) is 1.72. The molecule has 0 saturated carbocycles. The van der Waals surface area contributed by atoms with Crippen LogP contribution in [-0.4, -0.2) is 27.9 Å². The van der Waals surface area contributed by atoms with Crippen molar-refractivity contribution in [2.24, 2.45) is 0 Å². The summed E-state index contributed by atoms with van der Waals surface area (Å²) < 4.78 is 0. The zero-order chi connectivity index (χ0) is 12.3. The fourth-order valence-corrected chi connectivity index (χ4v) is 2.08. The third kappa shape index (κ3) is 2.86. The molecule has 3 nitrogen and oxygen atoms in total. The summed E-state index contributed by atoms with van der Waals surface area (Å²) in [5.74, 6) is -1.13. The molecule has 0 aliphatic heterocycles. The van der Waals surface area contributed by atoms with Gasteiger partial charge in [-0.15, -0.1) is 11.8 Å². The second-order valence-electron chi connectivity index (χ2n) is 3.20. The van der Waals surface area contributed by atoms with E-state index < -0.39 is 5.97 Å². The third-order valence-electron chi connectivity index (χ3n) is 2.07. The zero-order valence-electron chi connectivity index (χ0n) is 8.86. The molecule has 5 heteroatoms. The lowest BCUT2D eigenvalue weighted by Gasteiger charge is -2.08. The Balaban J connectivity index is 3.27. The second-order valence-corrected chi connectivity index (χ2v) is 5.42. The van der Waals surface area contributed by atoms with E-state index in [4.69, 9.17) is 5.11 Å². The Morgan fingerprint density at radius 3 is 2.50 bits per heavy atom. The number of carboxylic acids is 1. The minimum atomic E-state index is -1.02. The molecule has 0 saturated heterocycles. The van der Waals surface area contributed by atoms with Crippen LogP contribution in [0.3, 0.4) is 0 Å². The van der Waals surface area contributed by atoms with E-state index >= 15 is 0 Å². The molecule has 0 heterocycles. The molecule has 0 spiro atoms. The van der Waals surface area contributed by atoms with Gasteiger partial charge in [0.05, 0.1) is 10.4 Å². The van der Waals surface area contributed by atoms with Crippen LogP contribution in [0.25, 0.3) is 0 Å². The van der Waals surface area contributed by atoms with E-state index in [2.05, 4.69) is 15.9 Å². The number of halogens is 1. The minimum absolute atomic E-state index is 0.104. The fourth-order valence-electron chi connectivity index (χ4n) is 1.25. The van der Waals surface area contributed by atoms with Gasteiger partial charge in [-0.25, -0.2) is 4.79 Å². The van der Waals surface area contributed by atoms with Crippen LogP contribution < -0.4 is 0 Å². The average molecular weight is 303 g/mol. The fraction of sp³-hybridized carbons (Fsp3) is 0.273. The molecule has 0 bridgehead atoms. The number of rotatable bonds is 4. The number of carboxylic acid groups (broad SMARTS) is 1. The highest BCUT2D eigenvalue weighted by Crippen LogP contribution is 2.24. The molecule has 1 aromatic carbocycles. The van der Waals surface area contributed by atoms with Crippen molar-refractivity contribution < 1.29 is 14.7 Å². The Bertz CT molecular complexity index is 429. The summed E-state index contributed by atoms with van der Waals surface area (Å²) in [4.78, 5) is 23.1. The number of carbonyl (C=O) groups is 2. The first kappa shape index (κ1) is 13.3. The summed E-state index contributed by atoms with van der Waals surface area (Å²) in [7, 11) is 0. The zero-order valence-corrected chi connectivity index (χ0v) is 11.3. The minimum Gasteiger partial charge on any atom is -0.478 e. The number of ketones is 1. The lowest BCUT2D eigenvalue weighted by atomic mass is 10.1. The Kier molecular flexibility index (Phi) is 4.56. The number of thioether (sulfide) groups is 1. The van der Waals surface area contributed by atoms with E-state index in [0.29, 0.717) is 5.56 Å². The van der Waals surface area contributed by atoms with Crippen molar-refractivity contribution in [3.8, 4) is 0 Å². The van der Waals surface area contributed by atoms with Gasteiger partial charge in [0.1, 0.15) is 0 Å². The Hall–Kier alpha value is -0.810. The predicted octanol–water partition coefficient (Wildman–Crippen LogP) is 3.07. The molecule has 1 N–H and O–H groups in total. The lowest BCUT2D eigenvalue weighted by molar-refractivity contribution is 0.0697. The molecule has 1 rings (SSSR count). The van der Waals surface area contributed by atoms with Crippen molar-refractivity contribution in [3.63, 3.8) is 0 Å². The van der Waals surface area contributed by atoms with Crippen LogP contribution in [0.15, 0.2) is 23.1 Å². The van der Waals surface area contributed by atoms with Gasteiger partial charge in [0.25, 0.3) is 0 Å². The smallest absolute Gasteiger partial charge is 0.335 e. The highest BCUT2D eigenvalue weighted by atomic mass is 79.9. The van der Waals surface area contributed by atoms with E-state index in [1.54, 1.807) is 13.0 Å². The summed E-state index contributed by atoms with van der Waals surface area (Å²) in [6, 6.07) is 4.59. The van der Waals surface area contributed by atoms with E-state index in [1.165, 1.54) is 23.9 Å². The van der Waals surface area contributed by atoms with E-state index in [0.717, 1.165) is 4.90 Å². The molecular weight excluding hydrogens is 292 g/mol. The molecule has 0 fully saturated rings. The first-order valence-corrected chi connectivity index (χ1v) is 6.71. The standard InChI is InChI=1S/C11H11BrO3S/c1-6(12)10(13)8-5-7(11(14)15)3-4-9(8)16-2/h3-6H,1-2H3,(H,14,15). The van der Waals surface area contributed by atoms with Gasteiger partial charge in [0.2, 0.25) is 0 Å². The van der Waals surface area contributed by atoms with Gasteiger partial charge in [-0.3, -0.25) is 4.79 Å². The van der Waals surface area contributed by atoms with Crippen molar-refractivity contribution in [1.29, 1.82) is 0 Å². The number of hydrogen-bond acceptors (Lipinski definition) is 3. The topological polar surface area (TPSA) is 54.4 Å². The molecule has 1 atom stereocenters. The number of alkyl halides is 1. The van der Waals surface area contributed by atoms with Gasteiger partial charge in [-0.1, -0.05) is 15.9 Å². The van der Waals surface area contributed by atoms with Gasteiger partial charge < -0.3 is 5.11 Å². The quantitative estimate of drug-likeness (QED) is 0.527. The van der Waals surface area contributed by atoms with Crippen molar-refractivity contribution in [2.75, 3.05) is 6.26 Å². The average Bonchev–Trinajstić information content (AvgIpc) is 2.26. The van der Waals surface area contributed by atoms with Crippen LogP contribution in [0.1, 0.15) is 27.6 Å². The molecule has 1 unspecified atom stereocenters. The maximum Gasteiger partial charge on any atom is 0.335 e. The van der Waals surface area contributed by atoms with Gasteiger partial charge in [-0.05, 0) is 31.4 Å². The SMILES string of the molecule is CSc1ccc(C(=O)O)cc1C(=O)C(C)Br. The van der Waals surface area contributed by atoms with Crippen molar-refractivity contribution in [2.45, 2.75) is 16.6 Å². The monoisotopic (exact) mass is 302 g/mol. The van der Waals surface area contributed by atoms with Crippen LogP contribution in [0.4, 0.5) is 0 Å². The molecule has 0 amide bonds. The highest BCUT2D eigenvalue weighted by molar-refractivity contribution is 9.10. The Morgan fingerprint density at radius 2 is 2.06 bits per heavy atom. The number of hydrogen-bond donors (Lipinski definition) is 1. The molecule has 0 aliphatic rings. The maximum absolute atomic E-state index is 11.8. The van der Waals surface area contributed by atoms with E-state index in [1.807, 2.05) is 6.26 Å². The van der Waals surface area contributed by atoms with E-state index in [9.17, 15) is 9.59 Å². The van der Waals surface area contributed by atoms with Gasteiger partial charge in [0, 0.05) is 10.5 Å². The maximum atomic E-state index is 11.8. The van der Waals surface area contributed by atoms with Crippen molar-refractivity contribution >= 4 is 39.4 Å². The Morgan fingerprint density at radius 1 is 1.44 bits per heavy atom. The molecule has 86 valence electrons. The first-order chi connectivity index (χ1) is 7.47. The highest BCUT2D eigenvalue weighted by Gasteiger charge is 2.17. The van der Waals surface area contributed by atoms with Crippen LogP contribution in [0.5, 0.6) is 0 Å². The number of Topliss-reactive ketones (excluding diaryl/α,β-unsaturated/α-hetero) is 1. The normalized spacial score (nSPS) is 12.2. The van der Waals surface area contributed by atoms with Crippen LogP contribution in [0.2, 0.25) is 0 Å². The molecule has 1 aromatic rings. The van der Waals surface area contributed by atoms with Crippen LogP contribution in [-0.2, 0) is 0 Å². The third-order valence-corrected chi connectivity index (χ3v) is 3.28. The number of carbonyl (C=O) groups excluding carboxylic acids is 1. The largest absolute Gasteiger partial charge is 0.478 e. The summed E-state index contributed by atoms with van der Waals surface area (Å²) in [5.41, 5.74) is 0.589. The summed E-state index contributed by atoms with van der Waals surface area (Å²) >= 11 is 4.62. The first-order valence-electron chi connectivity index (χ1n) is 4.57. The van der Waals surface area contributed by atoms with Crippen molar-refractivity contribution in [3.05, 3.63) is 29.3 Å². The van der Waals surface area contributed by atoms with E-state index in [-0.39, 0.29) is 16.2 Å². The van der Waals surface area contributed by atoms with Gasteiger partial charge in [-0.2, -0.15) is 0 Å². The predicted molar refractivity (Wildman–Crippen MR) is 67.9 cm³/mol. The number of benzene rings is 1. The summed E-state index contributed by atoms with van der Waals surface area (Å²) in [6.07, 6.45) is 1.85. The molecule has 0 aliphatic carbocycles. The van der Waals surface area contributed by atoms with Crippen molar-refractivity contribution in [1.82, 2.24) is 0 Å². The lowest BCUT2D eigenvalue weighted by Crippen LogP contribution is -2.12. The van der Waals surface area contributed by atoms with Crippen LogP contribution in [0, 0.1) is 0 Å². The molecule has 16 heavy (non-hydrogen) atoms. The van der Waals surface area contributed by atoms with Gasteiger partial charge >= 0.3 is 5.97 Å². The second kappa shape index (κ2) is 5.50. The molecule has 0 radical (unpaired) electrons. The summed E-state index contributed by atoms with van der Waals surface area (Å²) in [5, 5.41) is 8.86.